The van der Waals surface area contributed by atoms with Gasteiger partial charge in [-0.25, -0.2) is 4.98 Å². The maximum absolute atomic E-state index is 10.8. The molecule has 2 rings (SSSR count). The first-order valence-corrected chi connectivity index (χ1v) is 5.65. The summed E-state index contributed by atoms with van der Waals surface area (Å²) in [5.74, 6) is -0.971. The van der Waals surface area contributed by atoms with Gasteiger partial charge in [0.25, 0.3) is 0 Å². The Labute approximate surface area is 108 Å². The van der Waals surface area contributed by atoms with Crippen LogP contribution in [-0.2, 0) is 17.6 Å². The molecule has 18 heavy (non-hydrogen) atoms. The van der Waals surface area contributed by atoms with Crippen LogP contribution in [0.25, 0.3) is 5.65 Å². The molecule has 0 aromatic carbocycles. The van der Waals surface area contributed by atoms with Gasteiger partial charge < -0.3 is 9.51 Å². The zero-order valence-corrected chi connectivity index (χ0v) is 10.4. The zero-order valence-electron chi connectivity index (χ0n) is 9.64. The van der Waals surface area contributed by atoms with Gasteiger partial charge in [0, 0.05) is 6.20 Å². The van der Waals surface area contributed by atoms with Crippen LogP contribution in [0.5, 0.6) is 0 Å². The molecule has 0 spiro atoms. The van der Waals surface area contributed by atoms with Crippen LogP contribution in [0.1, 0.15) is 17.0 Å². The molecule has 0 saturated carbocycles. The lowest BCUT2D eigenvalue weighted by molar-refractivity contribution is -0.136. The van der Waals surface area contributed by atoms with Crippen molar-refractivity contribution >= 4 is 23.2 Å². The summed E-state index contributed by atoms with van der Waals surface area (Å²) in [5.41, 5.74) is 2.48. The second kappa shape index (κ2) is 4.67. The van der Waals surface area contributed by atoms with E-state index in [1.165, 1.54) is 0 Å². The molecule has 92 valence electrons. The number of carboxylic acids is 1. The summed E-state index contributed by atoms with van der Waals surface area (Å²) in [6, 6.07) is 3.77. The normalized spacial score (nSPS) is 10.5. The highest BCUT2D eigenvalue weighted by atomic mass is 35.5. The number of fused-ring (bicyclic) bond motifs is 1. The Morgan fingerprint density at radius 3 is 3.00 bits per heavy atom. The minimum atomic E-state index is -0.971. The smallest absolute Gasteiger partial charge is 0.309 e. The van der Waals surface area contributed by atoms with Crippen molar-refractivity contribution in [2.75, 3.05) is 0 Å². The third-order valence-corrected chi connectivity index (χ3v) is 2.82. The molecule has 1 N–H and O–H groups in total. The van der Waals surface area contributed by atoms with Gasteiger partial charge in [-0.05, 0) is 18.6 Å². The minimum Gasteiger partial charge on any atom is -0.481 e. The van der Waals surface area contributed by atoms with Crippen LogP contribution in [0.15, 0.2) is 12.3 Å². The number of pyridine rings is 1. The van der Waals surface area contributed by atoms with Gasteiger partial charge in [-0.2, -0.15) is 5.26 Å². The third-order valence-electron chi connectivity index (χ3n) is 2.62. The molecule has 0 aliphatic carbocycles. The highest BCUT2D eigenvalue weighted by Crippen LogP contribution is 2.21. The minimum absolute atomic E-state index is 0.101. The summed E-state index contributed by atoms with van der Waals surface area (Å²) < 4.78 is 1.69. The van der Waals surface area contributed by atoms with E-state index >= 15 is 0 Å². The van der Waals surface area contributed by atoms with Crippen LogP contribution in [0.3, 0.4) is 0 Å². The van der Waals surface area contributed by atoms with Gasteiger partial charge in [0.2, 0.25) is 0 Å². The van der Waals surface area contributed by atoms with E-state index in [9.17, 15) is 4.79 Å². The van der Waals surface area contributed by atoms with Gasteiger partial charge in [-0.15, -0.1) is 0 Å². The lowest BCUT2D eigenvalue weighted by Crippen LogP contribution is -2.04. The molecular formula is C12H10ClN3O2. The molecule has 2 heterocycles. The summed E-state index contributed by atoms with van der Waals surface area (Å²) in [4.78, 5) is 15.1. The van der Waals surface area contributed by atoms with Crippen molar-refractivity contribution in [3.05, 3.63) is 34.2 Å². The van der Waals surface area contributed by atoms with Gasteiger partial charge >= 0.3 is 5.97 Å². The van der Waals surface area contributed by atoms with Crippen molar-refractivity contribution in [1.29, 1.82) is 5.26 Å². The van der Waals surface area contributed by atoms with Crippen LogP contribution in [0.2, 0.25) is 5.02 Å². The fraction of sp³-hybridized carbons (Fsp3) is 0.250. The standard InChI is InChI=1S/C12H10ClN3O2/c1-7-4-8(13)6-16-10(2-3-14)9(5-11(17)18)15-12(7)16/h4,6H,2,5H2,1H3,(H,17,18). The van der Waals surface area contributed by atoms with Crippen molar-refractivity contribution in [2.45, 2.75) is 19.8 Å². The van der Waals surface area contributed by atoms with Gasteiger partial charge in [0.1, 0.15) is 5.65 Å². The third kappa shape index (κ3) is 2.15. The molecule has 0 unspecified atom stereocenters. The van der Waals surface area contributed by atoms with E-state index in [1.54, 1.807) is 16.7 Å². The predicted octanol–water partition coefficient (Wildman–Crippen LogP) is 1.99. The molecule has 0 amide bonds. The second-order valence-electron chi connectivity index (χ2n) is 3.95. The molecule has 0 aliphatic heterocycles. The van der Waals surface area contributed by atoms with E-state index in [4.69, 9.17) is 22.0 Å². The monoisotopic (exact) mass is 263 g/mol. The number of hydrogen-bond donors (Lipinski definition) is 1. The summed E-state index contributed by atoms with van der Waals surface area (Å²) in [6.07, 6.45) is 1.55. The number of hydrogen-bond acceptors (Lipinski definition) is 3. The average molecular weight is 264 g/mol. The fourth-order valence-electron chi connectivity index (χ4n) is 1.91. The number of rotatable bonds is 3. The topological polar surface area (TPSA) is 78.4 Å². The molecule has 0 bridgehead atoms. The van der Waals surface area contributed by atoms with Crippen LogP contribution >= 0.6 is 11.6 Å². The van der Waals surface area contributed by atoms with Crippen LogP contribution < -0.4 is 0 Å². The molecule has 0 fully saturated rings. The Morgan fingerprint density at radius 2 is 2.39 bits per heavy atom. The van der Waals surface area contributed by atoms with Crippen molar-refractivity contribution in [2.24, 2.45) is 0 Å². The quantitative estimate of drug-likeness (QED) is 0.918. The van der Waals surface area contributed by atoms with E-state index in [2.05, 4.69) is 4.98 Å². The summed E-state index contributed by atoms with van der Waals surface area (Å²) in [6.45, 7) is 1.84. The molecule has 2 aromatic heterocycles. The average Bonchev–Trinajstić information content (AvgIpc) is 2.58. The number of nitrogens with zero attached hydrogens (tertiary/aromatic N) is 3. The Morgan fingerprint density at radius 1 is 1.67 bits per heavy atom. The first-order valence-electron chi connectivity index (χ1n) is 5.27. The number of carbonyl (C=O) groups is 1. The SMILES string of the molecule is Cc1cc(Cl)cn2c(CC#N)c(CC(=O)O)nc12. The lowest BCUT2D eigenvalue weighted by atomic mass is 10.2. The number of carboxylic acid groups (broad SMARTS) is 1. The Balaban J connectivity index is 2.71. The molecule has 0 radical (unpaired) electrons. The van der Waals surface area contributed by atoms with Gasteiger partial charge in [-0.3, -0.25) is 4.79 Å². The van der Waals surface area contributed by atoms with Crippen molar-refractivity contribution in [3.63, 3.8) is 0 Å². The maximum Gasteiger partial charge on any atom is 0.309 e. The fourth-order valence-corrected chi connectivity index (χ4v) is 2.17. The molecule has 0 atom stereocenters. The Hall–Kier alpha value is -2.06. The molecule has 6 heteroatoms. The number of nitriles is 1. The Kier molecular flexibility index (Phi) is 3.21. The van der Waals surface area contributed by atoms with E-state index in [-0.39, 0.29) is 12.8 Å². The largest absolute Gasteiger partial charge is 0.481 e. The van der Waals surface area contributed by atoms with Crippen molar-refractivity contribution < 1.29 is 9.90 Å². The number of imidazole rings is 1. The van der Waals surface area contributed by atoms with Crippen LogP contribution in [0.4, 0.5) is 0 Å². The van der Waals surface area contributed by atoms with E-state index in [1.807, 2.05) is 13.0 Å². The summed E-state index contributed by atoms with van der Waals surface area (Å²) in [5, 5.41) is 18.2. The molecule has 0 saturated heterocycles. The number of aryl methyl sites for hydroxylation is 1. The van der Waals surface area contributed by atoms with Gasteiger partial charge in [0.15, 0.2) is 0 Å². The highest BCUT2D eigenvalue weighted by Gasteiger charge is 2.16. The molecule has 5 nitrogen and oxygen atoms in total. The second-order valence-corrected chi connectivity index (χ2v) is 4.38. The van der Waals surface area contributed by atoms with Crippen molar-refractivity contribution in [3.8, 4) is 6.07 Å². The first kappa shape index (κ1) is 12.4. The van der Waals surface area contributed by atoms with Crippen molar-refractivity contribution in [1.82, 2.24) is 9.38 Å². The summed E-state index contributed by atoms with van der Waals surface area (Å²) >= 11 is 5.96. The first-order chi connectivity index (χ1) is 8.52. The van der Waals surface area contributed by atoms with Gasteiger partial charge in [-0.1, -0.05) is 11.6 Å². The Bertz CT molecular complexity index is 670. The van der Waals surface area contributed by atoms with Gasteiger partial charge in [0.05, 0.1) is 35.3 Å². The summed E-state index contributed by atoms with van der Waals surface area (Å²) in [7, 11) is 0. The molecular weight excluding hydrogens is 254 g/mol. The lowest BCUT2D eigenvalue weighted by Gasteiger charge is -2.02. The predicted molar refractivity (Wildman–Crippen MR) is 65.6 cm³/mol. The van der Waals surface area contributed by atoms with E-state index < -0.39 is 5.97 Å². The molecule has 2 aromatic rings. The highest BCUT2D eigenvalue weighted by molar-refractivity contribution is 6.30. The number of aliphatic carboxylic acids is 1. The number of aromatic nitrogens is 2. The number of halogens is 1. The zero-order chi connectivity index (χ0) is 13.3. The van der Waals surface area contributed by atoms with Crippen LogP contribution in [0, 0.1) is 18.3 Å². The van der Waals surface area contributed by atoms with E-state index in [0.29, 0.717) is 22.1 Å². The molecule has 0 aliphatic rings. The maximum atomic E-state index is 10.8. The van der Waals surface area contributed by atoms with Crippen LogP contribution in [-0.4, -0.2) is 20.5 Å². The van der Waals surface area contributed by atoms with E-state index in [0.717, 1.165) is 5.56 Å².